The summed E-state index contributed by atoms with van der Waals surface area (Å²) in [5.74, 6) is -0.354. The largest absolute Gasteiger partial charge is 0.368 e. The lowest BCUT2D eigenvalue weighted by molar-refractivity contribution is -0.118. The van der Waals surface area contributed by atoms with Crippen molar-refractivity contribution in [1.82, 2.24) is 9.55 Å². The molecule has 0 aromatic carbocycles. The van der Waals surface area contributed by atoms with Crippen LogP contribution in [-0.4, -0.2) is 15.5 Å². The quantitative estimate of drug-likeness (QED) is 0.588. The number of carbonyl (C=O) groups excluding carboxylic acids is 1. The summed E-state index contributed by atoms with van der Waals surface area (Å²) in [6.07, 6.45) is 4.83. The Bertz CT molecular complexity index is 197. The van der Waals surface area contributed by atoms with Crippen LogP contribution in [0.1, 0.15) is 1.43 Å². The molecule has 4 heteroatoms. The second-order valence-corrected chi connectivity index (χ2v) is 1.70. The van der Waals surface area contributed by atoms with E-state index in [1.807, 2.05) is 0 Å². The topological polar surface area (TPSA) is 60.9 Å². The van der Waals surface area contributed by atoms with E-state index in [0.29, 0.717) is 0 Å². The molecule has 0 aliphatic rings. The van der Waals surface area contributed by atoms with Gasteiger partial charge in [-0.2, -0.15) is 0 Å². The maximum Gasteiger partial charge on any atom is 0.237 e. The zero-order valence-corrected chi connectivity index (χ0v) is 4.82. The number of aromatic nitrogens is 2. The summed E-state index contributed by atoms with van der Waals surface area (Å²) in [6, 6.07) is 0. The van der Waals surface area contributed by atoms with E-state index in [2.05, 4.69) is 4.98 Å². The highest BCUT2D eigenvalue weighted by Gasteiger charge is 1.92. The minimum atomic E-state index is -0.354. The van der Waals surface area contributed by atoms with Gasteiger partial charge in [0.2, 0.25) is 5.91 Å². The standard InChI is InChI=1S/C5H7N3O.H2/c6-5(9)3-8-2-1-7-4-8;/h1-2,4H,3H2,(H2,6,9);1H. The molecule has 0 radical (unpaired) electrons. The molecule has 1 rings (SSSR count). The van der Waals surface area contributed by atoms with E-state index >= 15 is 0 Å². The molecule has 0 unspecified atom stereocenters. The summed E-state index contributed by atoms with van der Waals surface area (Å²) in [4.78, 5) is 14.0. The molecule has 0 saturated heterocycles. The third-order valence-corrected chi connectivity index (χ3v) is 0.898. The van der Waals surface area contributed by atoms with Crippen LogP contribution in [0.25, 0.3) is 0 Å². The first-order valence-corrected chi connectivity index (χ1v) is 2.53. The van der Waals surface area contributed by atoms with Crippen LogP contribution in [0.5, 0.6) is 0 Å². The van der Waals surface area contributed by atoms with Gasteiger partial charge in [0, 0.05) is 13.8 Å². The van der Waals surface area contributed by atoms with E-state index < -0.39 is 0 Å². The van der Waals surface area contributed by atoms with Crippen molar-refractivity contribution < 1.29 is 6.22 Å². The van der Waals surface area contributed by atoms with Crippen LogP contribution in [-0.2, 0) is 11.3 Å². The minimum absolute atomic E-state index is 0. The predicted molar refractivity (Wildman–Crippen MR) is 33.5 cm³/mol. The zero-order valence-electron chi connectivity index (χ0n) is 4.82. The fourth-order valence-electron chi connectivity index (χ4n) is 0.560. The SMILES string of the molecule is NC(=O)Cn1ccnc1.[HH]. The Morgan fingerprint density at radius 3 is 3.11 bits per heavy atom. The first-order valence-electron chi connectivity index (χ1n) is 2.53. The van der Waals surface area contributed by atoms with Crippen molar-refractivity contribution in [2.24, 2.45) is 5.73 Å². The van der Waals surface area contributed by atoms with Crippen molar-refractivity contribution in [3.8, 4) is 0 Å². The first-order chi connectivity index (χ1) is 4.29. The van der Waals surface area contributed by atoms with Crippen LogP contribution in [0.3, 0.4) is 0 Å². The summed E-state index contributed by atoms with van der Waals surface area (Å²) in [5.41, 5.74) is 4.90. The zero-order chi connectivity index (χ0) is 6.69. The molecule has 0 saturated carbocycles. The van der Waals surface area contributed by atoms with Crippen molar-refractivity contribution in [3.05, 3.63) is 18.7 Å². The molecule has 50 valence electrons. The minimum Gasteiger partial charge on any atom is -0.368 e. The van der Waals surface area contributed by atoms with Gasteiger partial charge >= 0.3 is 0 Å². The Balaban J connectivity index is 0.000000810. The fraction of sp³-hybridized carbons (Fsp3) is 0.200. The number of nitrogens with two attached hydrogens (primary N) is 1. The molecule has 0 aliphatic heterocycles. The number of hydrogen-bond donors (Lipinski definition) is 1. The second-order valence-electron chi connectivity index (χ2n) is 1.70. The summed E-state index contributed by atoms with van der Waals surface area (Å²) in [6.45, 7) is 0.208. The van der Waals surface area contributed by atoms with Crippen LogP contribution in [0.15, 0.2) is 18.7 Å². The molecule has 0 spiro atoms. The number of amides is 1. The Labute approximate surface area is 53.8 Å². The third-order valence-electron chi connectivity index (χ3n) is 0.898. The van der Waals surface area contributed by atoms with Gasteiger partial charge in [-0.1, -0.05) is 0 Å². The van der Waals surface area contributed by atoms with E-state index in [0.717, 1.165) is 0 Å². The van der Waals surface area contributed by atoms with E-state index in [1.165, 1.54) is 0 Å². The van der Waals surface area contributed by atoms with Crippen LogP contribution >= 0.6 is 0 Å². The summed E-state index contributed by atoms with van der Waals surface area (Å²) < 4.78 is 1.61. The molecule has 0 aliphatic carbocycles. The maximum atomic E-state index is 10.2. The molecule has 0 bridgehead atoms. The van der Waals surface area contributed by atoms with Gasteiger partial charge in [0.1, 0.15) is 6.54 Å². The lowest BCUT2D eigenvalue weighted by Gasteiger charge is -1.93. The summed E-state index contributed by atoms with van der Waals surface area (Å²) >= 11 is 0. The van der Waals surface area contributed by atoms with E-state index in [9.17, 15) is 4.79 Å². The fourth-order valence-corrected chi connectivity index (χ4v) is 0.560. The number of hydrogen-bond acceptors (Lipinski definition) is 2. The van der Waals surface area contributed by atoms with Gasteiger partial charge in [0.15, 0.2) is 0 Å². The summed E-state index contributed by atoms with van der Waals surface area (Å²) in [7, 11) is 0. The number of nitrogens with zero attached hydrogens (tertiary/aromatic N) is 2. The normalized spacial score (nSPS) is 9.33. The van der Waals surface area contributed by atoms with Gasteiger partial charge in [-0.15, -0.1) is 0 Å². The van der Waals surface area contributed by atoms with Gasteiger partial charge in [0.25, 0.3) is 0 Å². The average molecular weight is 127 g/mol. The maximum absolute atomic E-state index is 10.2. The molecule has 0 fully saturated rings. The van der Waals surface area contributed by atoms with Gasteiger partial charge in [-0.05, 0) is 0 Å². The predicted octanol–water partition coefficient (Wildman–Crippen LogP) is -0.386. The van der Waals surface area contributed by atoms with Crippen LogP contribution in [0.2, 0.25) is 0 Å². The monoisotopic (exact) mass is 127 g/mol. The number of imidazole rings is 1. The molecule has 1 amide bonds. The van der Waals surface area contributed by atoms with Crippen molar-refractivity contribution >= 4 is 5.91 Å². The van der Waals surface area contributed by atoms with Gasteiger partial charge in [-0.3, -0.25) is 4.79 Å². The molecular weight excluding hydrogens is 118 g/mol. The van der Waals surface area contributed by atoms with Crippen LogP contribution in [0.4, 0.5) is 0 Å². The summed E-state index contributed by atoms with van der Waals surface area (Å²) in [5, 5.41) is 0. The van der Waals surface area contributed by atoms with Gasteiger partial charge in [0.05, 0.1) is 6.33 Å². The van der Waals surface area contributed by atoms with Crippen molar-refractivity contribution in [1.29, 1.82) is 0 Å². The Morgan fingerprint density at radius 1 is 1.89 bits per heavy atom. The lowest BCUT2D eigenvalue weighted by atomic mass is 10.6. The van der Waals surface area contributed by atoms with Crippen molar-refractivity contribution in [2.45, 2.75) is 6.54 Å². The van der Waals surface area contributed by atoms with Crippen molar-refractivity contribution in [3.63, 3.8) is 0 Å². The van der Waals surface area contributed by atoms with E-state index in [-0.39, 0.29) is 13.9 Å². The molecule has 4 nitrogen and oxygen atoms in total. The number of primary amides is 1. The number of carbonyl (C=O) groups is 1. The molecule has 2 N–H and O–H groups in total. The molecular formula is C5H9N3O. The number of rotatable bonds is 2. The molecule has 0 atom stereocenters. The lowest BCUT2D eigenvalue weighted by Crippen LogP contribution is -2.17. The van der Waals surface area contributed by atoms with E-state index in [1.54, 1.807) is 23.3 Å². The second kappa shape index (κ2) is 2.30. The third kappa shape index (κ3) is 1.56. The molecule has 9 heavy (non-hydrogen) atoms. The smallest absolute Gasteiger partial charge is 0.237 e. The molecule has 1 aromatic heterocycles. The first kappa shape index (κ1) is 5.81. The highest BCUT2D eigenvalue weighted by atomic mass is 16.1. The average Bonchev–Trinajstić information content (AvgIpc) is 2.15. The van der Waals surface area contributed by atoms with Gasteiger partial charge in [-0.25, -0.2) is 4.98 Å². The van der Waals surface area contributed by atoms with Crippen molar-refractivity contribution in [2.75, 3.05) is 0 Å². The Kier molecular flexibility index (Phi) is 1.48. The Hall–Kier alpha value is -1.32. The van der Waals surface area contributed by atoms with Crippen LogP contribution in [0, 0.1) is 0 Å². The highest BCUT2D eigenvalue weighted by Crippen LogP contribution is 1.82. The van der Waals surface area contributed by atoms with E-state index in [4.69, 9.17) is 5.73 Å². The molecule has 1 aromatic rings. The molecule has 1 heterocycles. The van der Waals surface area contributed by atoms with Crippen LogP contribution < -0.4 is 5.73 Å². The highest BCUT2D eigenvalue weighted by molar-refractivity contribution is 5.73. The Morgan fingerprint density at radius 2 is 2.67 bits per heavy atom. The van der Waals surface area contributed by atoms with Gasteiger partial charge < -0.3 is 10.3 Å².